The topological polar surface area (TPSA) is 45.5 Å². The molecule has 0 radical (unpaired) electrons. The predicted octanol–water partition coefficient (Wildman–Crippen LogP) is 3.23. The monoisotopic (exact) mass is 300 g/mol. The van der Waals surface area contributed by atoms with Gasteiger partial charge in [0.25, 0.3) is 0 Å². The van der Waals surface area contributed by atoms with Gasteiger partial charge in [-0.2, -0.15) is 0 Å². The van der Waals surface area contributed by atoms with Gasteiger partial charge in [-0.25, -0.2) is 0 Å². The Labute approximate surface area is 131 Å². The van der Waals surface area contributed by atoms with Gasteiger partial charge in [-0.3, -0.25) is 9.69 Å². The molecule has 0 spiro atoms. The number of hydrogen-bond acceptors (Lipinski definition) is 2. The number of fused-ring (bicyclic) bond motifs is 2. The molecule has 0 atom stereocenters. The molecule has 0 aliphatic carbocycles. The van der Waals surface area contributed by atoms with Crippen molar-refractivity contribution in [2.24, 2.45) is 7.05 Å². The van der Waals surface area contributed by atoms with Gasteiger partial charge in [-0.15, -0.1) is 0 Å². The minimum absolute atomic E-state index is 0.0882. The van der Waals surface area contributed by atoms with E-state index >= 15 is 0 Å². The molecule has 0 fully saturated rings. The second kappa shape index (κ2) is 4.85. The number of aliphatic carboxylic acids is 1. The van der Waals surface area contributed by atoms with Crippen LogP contribution in [0.25, 0.3) is 10.9 Å². The molecule has 1 aromatic heterocycles. The lowest BCUT2D eigenvalue weighted by Crippen LogP contribution is -2.36. The standard InChI is InChI=1S/C18H24N2O2/c1-11-14(8-17(21)22)15-6-12-9-20(18(2,3)4)10-13(12)7-16(15)19(11)5/h6-7H,8-10H2,1-5H3,(H,21,22). The average molecular weight is 300 g/mol. The summed E-state index contributed by atoms with van der Waals surface area (Å²) in [6, 6.07) is 4.45. The number of nitrogens with zero attached hydrogens (tertiary/aromatic N) is 2. The minimum Gasteiger partial charge on any atom is -0.481 e. The number of aromatic nitrogens is 1. The van der Waals surface area contributed by atoms with Gasteiger partial charge in [-0.05, 0) is 56.5 Å². The molecular weight excluding hydrogens is 276 g/mol. The zero-order valence-electron chi connectivity index (χ0n) is 14.0. The van der Waals surface area contributed by atoms with Crippen LogP contribution in [-0.4, -0.2) is 26.1 Å². The number of carboxylic acids is 1. The van der Waals surface area contributed by atoms with E-state index in [1.807, 2.05) is 14.0 Å². The summed E-state index contributed by atoms with van der Waals surface area (Å²) >= 11 is 0. The predicted molar refractivity (Wildman–Crippen MR) is 88.0 cm³/mol. The molecule has 1 N–H and O–H groups in total. The molecule has 0 bridgehead atoms. The van der Waals surface area contributed by atoms with E-state index in [1.165, 1.54) is 11.1 Å². The summed E-state index contributed by atoms with van der Waals surface area (Å²) in [6.45, 7) is 10.6. The molecule has 0 saturated carbocycles. The lowest BCUT2D eigenvalue weighted by molar-refractivity contribution is -0.136. The summed E-state index contributed by atoms with van der Waals surface area (Å²) in [6.07, 6.45) is 0.0882. The molecule has 1 aromatic carbocycles. The van der Waals surface area contributed by atoms with E-state index in [2.05, 4.69) is 42.4 Å². The summed E-state index contributed by atoms with van der Waals surface area (Å²) in [4.78, 5) is 13.6. The van der Waals surface area contributed by atoms with Gasteiger partial charge >= 0.3 is 5.97 Å². The summed E-state index contributed by atoms with van der Waals surface area (Å²) in [5.41, 5.74) is 5.98. The second-order valence-electron chi connectivity index (χ2n) is 7.36. The first-order valence-corrected chi connectivity index (χ1v) is 7.75. The molecule has 0 saturated heterocycles. The molecule has 0 amide bonds. The maximum atomic E-state index is 11.2. The first-order valence-electron chi connectivity index (χ1n) is 7.75. The molecule has 0 unspecified atom stereocenters. The first-order chi connectivity index (χ1) is 10.2. The maximum Gasteiger partial charge on any atom is 0.307 e. The van der Waals surface area contributed by atoms with Crippen molar-refractivity contribution in [2.75, 3.05) is 0 Å². The second-order valence-corrected chi connectivity index (χ2v) is 7.36. The number of aryl methyl sites for hydroxylation is 1. The van der Waals surface area contributed by atoms with Crippen LogP contribution in [0.2, 0.25) is 0 Å². The number of hydrogen-bond donors (Lipinski definition) is 1. The van der Waals surface area contributed by atoms with Crippen molar-refractivity contribution in [3.63, 3.8) is 0 Å². The summed E-state index contributed by atoms with van der Waals surface area (Å²) in [7, 11) is 2.02. The Morgan fingerprint density at radius 1 is 1.23 bits per heavy atom. The van der Waals surface area contributed by atoms with Gasteiger partial charge < -0.3 is 9.67 Å². The van der Waals surface area contributed by atoms with Gasteiger partial charge in [0.1, 0.15) is 0 Å². The van der Waals surface area contributed by atoms with Crippen LogP contribution < -0.4 is 0 Å². The summed E-state index contributed by atoms with van der Waals surface area (Å²) in [5, 5.41) is 10.3. The van der Waals surface area contributed by atoms with Crippen LogP contribution >= 0.6 is 0 Å². The Balaban J connectivity index is 2.12. The average Bonchev–Trinajstić information content (AvgIpc) is 2.92. The molecule has 22 heavy (non-hydrogen) atoms. The largest absolute Gasteiger partial charge is 0.481 e. The van der Waals surface area contributed by atoms with E-state index in [-0.39, 0.29) is 12.0 Å². The van der Waals surface area contributed by atoms with Gasteiger partial charge in [0.15, 0.2) is 0 Å². The Bertz CT molecular complexity index is 766. The molecule has 4 nitrogen and oxygen atoms in total. The SMILES string of the molecule is Cc1c(CC(=O)O)c2cc3c(cc2n1C)CN(C(C)(C)C)C3. The quantitative estimate of drug-likeness (QED) is 0.926. The fourth-order valence-electron chi connectivity index (χ4n) is 3.38. The number of carbonyl (C=O) groups is 1. The van der Waals surface area contributed by atoms with Crippen LogP contribution in [0.15, 0.2) is 12.1 Å². The highest BCUT2D eigenvalue weighted by Gasteiger charge is 2.29. The van der Waals surface area contributed by atoms with Crippen LogP contribution in [-0.2, 0) is 31.4 Å². The Hall–Kier alpha value is -1.81. The van der Waals surface area contributed by atoms with E-state index in [4.69, 9.17) is 0 Å². The molecule has 2 aromatic rings. The van der Waals surface area contributed by atoms with Crippen molar-refractivity contribution in [3.8, 4) is 0 Å². The molecule has 2 heterocycles. The highest BCUT2D eigenvalue weighted by atomic mass is 16.4. The number of carboxylic acid groups (broad SMARTS) is 1. The molecular formula is C18H24N2O2. The maximum absolute atomic E-state index is 11.2. The lowest BCUT2D eigenvalue weighted by Gasteiger charge is -2.31. The van der Waals surface area contributed by atoms with Crippen molar-refractivity contribution < 1.29 is 9.90 Å². The van der Waals surface area contributed by atoms with E-state index < -0.39 is 5.97 Å². The zero-order chi connectivity index (χ0) is 16.2. The Morgan fingerprint density at radius 3 is 2.36 bits per heavy atom. The molecule has 4 heteroatoms. The molecule has 118 valence electrons. The smallest absolute Gasteiger partial charge is 0.307 e. The van der Waals surface area contributed by atoms with Crippen molar-refractivity contribution >= 4 is 16.9 Å². The normalized spacial score (nSPS) is 15.5. The third-order valence-corrected chi connectivity index (χ3v) is 4.94. The highest BCUT2D eigenvalue weighted by molar-refractivity contribution is 5.90. The Morgan fingerprint density at radius 2 is 1.82 bits per heavy atom. The van der Waals surface area contributed by atoms with Crippen LogP contribution in [0.3, 0.4) is 0 Å². The number of benzene rings is 1. The van der Waals surface area contributed by atoms with E-state index in [1.54, 1.807) is 0 Å². The van der Waals surface area contributed by atoms with Crippen molar-refractivity contribution in [3.05, 3.63) is 34.5 Å². The number of rotatable bonds is 2. The van der Waals surface area contributed by atoms with Crippen LogP contribution in [0, 0.1) is 6.92 Å². The fraction of sp³-hybridized carbons (Fsp3) is 0.500. The van der Waals surface area contributed by atoms with Crippen LogP contribution in [0.5, 0.6) is 0 Å². The van der Waals surface area contributed by atoms with Gasteiger partial charge in [0, 0.05) is 42.3 Å². The van der Waals surface area contributed by atoms with Crippen molar-refractivity contribution in [1.29, 1.82) is 0 Å². The van der Waals surface area contributed by atoms with Gasteiger partial charge in [0.05, 0.1) is 6.42 Å². The molecule has 1 aliphatic rings. The summed E-state index contributed by atoms with van der Waals surface area (Å²) < 4.78 is 2.12. The van der Waals surface area contributed by atoms with Gasteiger partial charge in [-0.1, -0.05) is 0 Å². The van der Waals surface area contributed by atoms with Crippen molar-refractivity contribution in [1.82, 2.24) is 9.47 Å². The van der Waals surface area contributed by atoms with E-state index in [9.17, 15) is 9.90 Å². The minimum atomic E-state index is -0.771. The highest BCUT2D eigenvalue weighted by Crippen LogP contribution is 2.35. The first kappa shape index (κ1) is 15.1. The Kier molecular flexibility index (Phi) is 3.33. The van der Waals surface area contributed by atoms with E-state index in [0.29, 0.717) is 0 Å². The fourth-order valence-corrected chi connectivity index (χ4v) is 3.38. The molecule has 3 rings (SSSR count). The van der Waals surface area contributed by atoms with Crippen molar-refractivity contribution in [2.45, 2.75) is 52.7 Å². The third kappa shape index (κ3) is 2.31. The zero-order valence-corrected chi connectivity index (χ0v) is 14.0. The third-order valence-electron chi connectivity index (χ3n) is 4.94. The lowest BCUT2D eigenvalue weighted by atomic mass is 10.0. The van der Waals surface area contributed by atoms with E-state index in [0.717, 1.165) is 35.2 Å². The van der Waals surface area contributed by atoms with Crippen LogP contribution in [0.4, 0.5) is 0 Å². The van der Waals surface area contributed by atoms with Gasteiger partial charge in [0.2, 0.25) is 0 Å². The summed E-state index contributed by atoms with van der Waals surface area (Å²) in [5.74, 6) is -0.771. The molecule has 1 aliphatic heterocycles. The van der Waals surface area contributed by atoms with Crippen LogP contribution in [0.1, 0.15) is 43.2 Å².